The van der Waals surface area contributed by atoms with Gasteiger partial charge in [-0.05, 0) is 18.6 Å². The number of nitrogens with one attached hydrogen (secondary N) is 2. The zero-order valence-electron chi connectivity index (χ0n) is 11.8. The number of aromatic nitrogens is 1. The van der Waals surface area contributed by atoms with E-state index in [9.17, 15) is 14.7 Å². The van der Waals surface area contributed by atoms with Crippen LogP contribution in [0.2, 0.25) is 0 Å². The molecule has 1 aromatic heterocycles. The third-order valence-electron chi connectivity index (χ3n) is 3.64. The Kier molecular flexibility index (Phi) is 4.74. The molecular weight excluding hydrogens is 274 g/mol. The highest BCUT2D eigenvalue weighted by molar-refractivity contribution is 5.86. The summed E-state index contributed by atoms with van der Waals surface area (Å²) in [5, 5.41) is 14.7. The Morgan fingerprint density at radius 1 is 1.43 bits per heavy atom. The minimum Gasteiger partial charge on any atom is -0.480 e. The molecule has 2 amide bonds. The average Bonchev–Trinajstić information content (AvgIpc) is 2.48. The smallest absolute Gasteiger partial charge is 0.329 e. The molecule has 2 heterocycles. The number of amides is 2. The van der Waals surface area contributed by atoms with Crippen LogP contribution >= 0.6 is 0 Å². The molecule has 0 aliphatic carbocycles. The van der Waals surface area contributed by atoms with Gasteiger partial charge in [-0.25, -0.2) is 9.59 Å². The van der Waals surface area contributed by atoms with Crippen LogP contribution in [0.3, 0.4) is 0 Å². The van der Waals surface area contributed by atoms with Gasteiger partial charge < -0.3 is 20.5 Å². The number of pyridine rings is 1. The number of carboxylic acids is 1. The topological polar surface area (TPSA) is 101 Å². The monoisotopic (exact) mass is 293 g/mol. The molecule has 114 valence electrons. The predicted molar refractivity (Wildman–Crippen MR) is 74.7 cm³/mol. The Labute approximate surface area is 122 Å². The summed E-state index contributed by atoms with van der Waals surface area (Å²) in [5.74, 6) is -1.03. The molecule has 1 aliphatic rings. The molecule has 1 saturated heterocycles. The Morgan fingerprint density at radius 3 is 2.71 bits per heavy atom. The zero-order valence-corrected chi connectivity index (χ0v) is 11.8. The number of urea groups is 1. The third kappa shape index (κ3) is 3.69. The Morgan fingerprint density at radius 2 is 2.14 bits per heavy atom. The standard InChI is InChI=1S/C14H19N3O4/c1-10(11-3-2-6-15-9-11)16-13(20)17-14(12(18)19)4-7-21-8-5-14/h2-3,6,9-10H,4-5,7-8H2,1H3,(H,18,19)(H2,16,17,20). The lowest BCUT2D eigenvalue weighted by atomic mass is 9.90. The number of carbonyl (C=O) groups is 2. The van der Waals surface area contributed by atoms with Crippen molar-refractivity contribution in [3.05, 3.63) is 30.1 Å². The van der Waals surface area contributed by atoms with Crippen LogP contribution in [0.15, 0.2) is 24.5 Å². The molecular formula is C14H19N3O4. The number of carboxylic acid groups (broad SMARTS) is 1. The quantitative estimate of drug-likeness (QED) is 0.771. The van der Waals surface area contributed by atoms with Crippen LogP contribution < -0.4 is 10.6 Å². The highest BCUT2D eigenvalue weighted by atomic mass is 16.5. The van der Waals surface area contributed by atoms with Crippen LogP contribution in [0.1, 0.15) is 31.4 Å². The summed E-state index contributed by atoms with van der Waals surface area (Å²) in [6.07, 6.45) is 3.83. The van der Waals surface area contributed by atoms with E-state index < -0.39 is 17.5 Å². The van der Waals surface area contributed by atoms with E-state index in [1.807, 2.05) is 13.0 Å². The van der Waals surface area contributed by atoms with Gasteiger partial charge in [0.2, 0.25) is 0 Å². The normalized spacial score (nSPS) is 18.5. The van der Waals surface area contributed by atoms with E-state index in [0.717, 1.165) is 5.56 Å². The third-order valence-corrected chi connectivity index (χ3v) is 3.64. The fourth-order valence-electron chi connectivity index (χ4n) is 2.28. The molecule has 1 atom stereocenters. The lowest BCUT2D eigenvalue weighted by Gasteiger charge is -2.34. The Bertz CT molecular complexity index is 500. The number of rotatable bonds is 4. The Balaban J connectivity index is 1.98. The van der Waals surface area contributed by atoms with Crippen LogP contribution in [-0.4, -0.2) is 40.8 Å². The molecule has 1 aromatic rings. The number of aliphatic carboxylic acids is 1. The molecule has 1 aliphatic heterocycles. The van der Waals surface area contributed by atoms with Crippen molar-refractivity contribution in [2.75, 3.05) is 13.2 Å². The van der Waals surface area contributed by atoms with E-state index in [2.05, 4.69) is 15.6 Å². The SMILES string of the molecule is CC(NC(=O)NC1(C(=O)O)CCOCC1)c1cccnc1. The highest BCUT2D eigenvalue weighted by Crippen LogP contribution is 2.21. The average molecular weight is 293 g/mol. The van der Waals surface area contributed by atoms with Gasteiger partial charge in [0, 0.05) is 38.4 Å². The van der Waals surface area contributed by atoms with Crippen molar-refractivity contribution in [1.82, 2.24) is 15.6 Å². The van der Waals surface area contributed by atoms with E-state index >= 15 is 0 Å². The molecule has 7 nitrogen and oxygen atoms in total. The van der Waals surface area contributed by atoms with Crippen molar-refractivity contribution in [3.63, 3.8) is 0 Å². The summed E-state index contributed by atoms with van der Waals surface area (Å²) in [7, 11) is 0. The maximum absolute atomic E-state index is 12.1. The van der Waals surface area contributed by atoms with Crippen LogP contribution in [0.25, 0.3) is 0 Å². The second kappa shape index (κ2) is 6.53. The number of hydrogen-bond acceptors (Lipinski definition) is 4. The molecule has 0 radical (unpaired) electrons. The molecule has 7 heteroatoms. The second-order valence-corrected chi connectivity index (χ2v) is 5.11. The first-order valence-corrected chi connectivity index (χ1v) is 6.83. The van der Waals surface area contributed by atoms with E-state index in [1.54, 1.807) is 18.5 Å². The first-order chi connectivity index (χ1) is 10.0. The molecule has 0 saturated carbocycles. The van der Waals surface area contributed by atoms with E-state index in [-0.39, 0.29) is 18.9 Å². The number of hydrogen-bond donors (Lipinski definition) is 3. The molecule has 1 unspecified atom stereocenters. The maximum Gasteiger partial charge on any atom is 0.329 e. The van der Waals surface area contributed by atoms with Gasteiger partial charge in [-0.3, -0.25) is 4.98 Å². The molecule has 0 spiro atoms. The predicted octanol–water partition coefficient (Wildman–Crippen LogP) is 1.08. The van der Waals surface area contributed by atoms with Gasteiger partial charge in [-0.2, -0.15) is 0 Å². The van der Waals surface area contributed by atoms with E-state index in [1.165, 1.54) is 0 Å². The van der Waals surface area contributed by atoms with Gasteiger partial charge in [0.1, 0.15) is 5.54 Å². The highest BCUT2D eigenvalue weighted by Gasteiger charge is 2.41. The molecule has 0 aromatic carbocycles. The van der Waals surface area contributed by atoms with E-state index in [4.69, 9.17) is 4.74 Å². The number of nitrogens with zero attached hydrogens (tertiary/aromatic N) is 1. The van der Waals surface area contributed by atoms with Gasteiger partial charge in [0.15, 0.2) is 0 Å². The molecule has 3 N–H and O–H groups in total. The van der Waals surface area contributed by atoms with Crippen molar-refractivity contribution in [2.45, 2.75) is 31.3 Å². The lowest BCUT2D eigenvalue weighted by Crippen LogP contribution is -2.59. The summed E-state index contributed by atoms with van der Waals surface area (Å²) in [5.41, 5.74) is -0.402. The second-order valence-electron chi connectivity index (χ2n) is 5.11. The molecule has 21 heavy (non-hydrogen) atoms. The maximum atomic E-state index is 12.1. The molecule has 2 rings (SSSR count). The number of carbonyl (C=O) groups excluding carboxylic acids is 1. The van der Waals surface area contributed by atoms with Gasteiger partial charge in [0.05, 0.1) is 6.04 Å². The summed E-state index contributed by atoms with van der Waals surface area (Å²) in [6, 6.07) is 2.86. The summed E-state index contributed by atoms with van der Waals surface area (Å²) in [4.78, 5) is 27.5. The van der Waals surface area contributed by atoms with Crippen molar-refractivity contribution in [3.8, 4) is 0 Å². The zero-order chi connectivity index (χ0) is 15.3. The van der Waals surface area contributed by atoms with Crippen molar-refractivity contribution in [2.24, 2.45) is 0 Å². The van der Waals surface area contributed by atoms with Crippen molar-refractivity contribution in [1.29, 1.82) is 0 Å². The van der Waals surface area contributed by atoms with Gasteiger partial charge in [-0.15, -0.1) is 0 Å². The minimum atomic E-state index is -1.25. The lowest BCUT2D eigenvalue weighted by molar-refractivity contribution is -0.148. The van der Waals surface area contributed by atoms with Crippen LogP contribution in [0, 0.1) is 0 Å². The number of ether oxygens (including phenoxy) is 1. The fourth-order valence-corrected chi connectivity index (χ4v) is 2.28. The van der Waals surface area contributed by atoms with Gasteiger partial charge in [-0.1, -0.05) is 6.07 Å². The summed E-state index contributed by atoms with van der Waals surface area (Å²) >= 11 is 0. The van der Waals surface area contributed by atoms with Crippen molar-refractivity contribution >= 4 is 12.0 Å². The van der Waals surface area contributed by atoms with Crippen LogP contribution in [0.4, 0.5) is 4.79 Å². The van der Waals surface area contributed by atoms with Gasteiger partial charge >= 0.3 is 12.0 Å². The van der Waals surface area contributed by atoms with Gasteiger partial charge in [0.25, 0.3) is 0 Å². The van der Waals surface area contributed by atoms with Crippen LogP contribution in [-0.2, 0) is 9.53 Å². The first kappa shape index (κ1) is 15.2. The summed E-state index contributed by atoms with van der Waals surface area (Å²) < 4.78 is 5.16. The largest absolute Gasteiger partial charge is 0.480 e. The van der Waals surface area contributed by atoms with Crippen LogP contribution in [0.5, 0.6) is 0 Å². The minimum absolute atomic E-state index is 0.260. The summed E-state index contributed by atoms with van der Waals surface area (Å²) in [6.45, 7) is 2.46. The first-order valence-electron chi connectivity index (χ1n) is 6.83. The van der Waals surface area contributed by atoms with Crippen molar-refractivity contribution < 1.29 is 19.4 Å². The van der Waals surface area contributed by atoms with E-state index in [0.29, 0.717) is 13.2 Å². The fraction of sp³-hybridized carbons (Fsp3) is 0.500. The molecule has 1 fully saturated rings. The Hall–Kier alpha value is -2.15. The molecule has 0 bridgehead atoms.